The third-order valence-corrected chi connectivity index (χ3v) is 2.60. The Morgan fingerprint density at radius 1 is 1.14 bits per heavy atom. The zero-order valence-electron chi connectivity index (χ0n) is 10.4. The van der Waals surface area contributed by atoms with Gasteiger partial charge >= 0.3 is 12.4 Å². The highest BCUT2D eigenvalue weighted by molar-refractivity contribution is 5.98. The molecule has 0 aliphatic carbocycles. The van der Waals surface area contributed by atoms with E-state index in [-0.39, 0.29) is 6.07 Å². The van der Waals surface area contributed by atoms with Crippen molar-refractivity contribution in [2.75, 3.05) is 5.32 Å². The molecule has 0 radical (unpaired) electrons. The average molecular weight is 318 g/mol. The van der Waals surface area contributed by atoms with Crippen LogP contribution in [0.5, 0.6) is 0 Å². The highest BCUT2D eigenvalue weighted by Gasteiger charge is 2.54. The molecule has 1 rings (SSSR count). The minimum absolute atomic E-state index is 0.180. The molecule has 21 heavy (non-hydrogen) atoms. The van der Waals surface area contributed by atoms with Crippen molar-refractivity contribution in [2.45, 2.75) is 24.8 Å². The molecular formula is C11H9F7N2O. The maximum Gasteiger partial charge on any atom is 0.416 e. The van der Waals surface area contributed by atoms with E-state index in [1.54, 1.807) is 0 Å². The second kappa shape index (κ2) is 5.17. The van der Waals surface area contributed by atoms with Crippen LogP contribution in [0.1, 0.15) is 12.5 Å². The molecule has 1 atom stereocenters. The predicted octanol–water partition coefficient (Wildman–Crippen LogP) is 3.06. The number of anilines is 1. The quantitative estimate of drug-likeness (QED) is 0.824. The Labute approximate surface area is 113 Å². The monoisotopic (exact) mass is 318 g/mol. The van der Waals surface area contributed by atoms with E-state index in [0.717, 1.165) is 0 Å². The molecular weight excluding hydrogens is 309 g/mol. The lowest BCUT2D eigenvalue weighted by atomic mass is 10.0. The van der Waals surface area contributed by atoms with Gasteiger partial charge in [-0.25, -0.2) is 4.39 Å². The highest BCUT2D eigenvalue weighted by Crippen LogP contribution is 2.33. The van der Waals surface area contributed by atoms with Gasteiger partial charge in [0.1, 0.15) is 5.82 Å². The van der Waals surface area contributed by atoms with Crippen molar-refractivity contribution < 1.29 is 35.5 Å². The molecule has 0 saturated heterocycles. The number of rotatable bonds is 2. The number of amides is 1. The van der Waals surface area contributed by atoms with Crippen LogP contribution in [0.15, 0.2) is 18.2 Å². The van der Waals surface area contributed by atoms with Crippen molar-refractivity contribution in [2.24, 2.45) is 5.73 Å². The number of nitrogens with one attached hydrogen (secondary N) is 1. The summed E-state index contributed by atoms with van der Waals surface area (Å²) in [5, 5.41) is 1.41. The van der Waals surface area contributed by atoms with Crippen molar-refractivity contribution in [3.8, 4) is 0 Å². The number of carbonyl (C=O) groups is 1. The van der Waals surface area contributed by atoms with Crippen LogP contribution in [0, 0.1) is 5.82 Å². The van der Waals surface area contributed by atoms with Gasteiger partial charge in [-0.05, 0) is 25.1 Å². The molecule has 0 bridgehead atoms. The number of benzene rings is 1. The molecule has 0 fully saturated rings. The van der Waals surface area contributed by atoms with E-state index in [1.165, 1.54) is 5.32 Å². The van der Waals surface area contributed by atoms with Crippen LogP contribution < -0.4 is 11.1 Å². The Kier molecular flexibility index (Phi) is 4.24. The Morgan fingerprint density at radius 2 is 1.67 bits per heavy atom. The highest BCUT2D eigenvalue weighted by atomic mass is 19.4. The molecule has 3 nitrogen and oxygen atoms in total. The maximum atomic E-state index is 13.3. The second-order valence-electron chi connectivity index (χ2n) is 4.35. The molecule has 0 aromatic heterocycles. The van der Waals surface area contributed by atoms with Gasteiger partial charge < -0.3 is 11.1 Å². The van der Waals surface area contributed by atoms with Gasteiger partial charge in [-0.15, -0.1) is 0 Å². The molecule has 0 spiro atoms. The van der Waals surface area contributed by atoms with E-state index in [9.17, 15) is 35.5 Å². The van der Waals surface area contributed by atoms with E-state index in [0.29, 0.717) is 19.1 Å². The number of carbonyl (C=O) groups excluding carboxylic acids is 1. The largest absolute Gasteiger partial charge is 0.416 e. The van der Waals surface area contributed by atoms with Crippen molar-refractivity contribution in [3.05, 3.63) is 29.6 Å². The predicted molar refractivity (Wildman–Crippen MR) is 58.7 cm³/mol. The van der Waals surface area contributed by atoms with Crippen LogP contribution in [0.3, 0.4) is 0 Å². The molecule has 0 aliphatic heterocycles. The summed E-state index contributed by atoms with van der Waals surface area (Å²) >= 11 is 0. The standard InChI is InChI=1S/C11H9F7N2O/c1-9(19,11(16,17)18)8(21)20-7-4-5(10(13,14)15)2-3-6(7)12/h2-4H,19H2,1H3,(H,20,21). The van der Waals surface area contributed by atoms with Gasteiger partial charge in [-0.1, -0.05) is 0 Å². The number of nitrogens with two attached hydrogens (primary N) is 1. The fourth-order valence-electron chi connectivity index (χ4n) is 1.18. The number of hydrogen-bond acceptors (Lipinski definition) is 2. The van der Waals surface area contributed by atoms with Gasteiger partial charge in [0.05, 0.1) is 11.3 Å². The third kappa shape index (κ3) is 3.63. The van der Waals surface area contributed by atoms with E-state index < -0.39 is 40.9 Å². The molecule has 118 valence electrons. The Balaban J connectivity index is 3.12. The summed E-state index contributed by atoms with van der Waals surface area (Å²) in [4.78, 5) is 11.4. The van der Waals surface area contributed by atoms with Crippen molar-refractivity contribution in [1.29, 1.82) is 0 Å². The SMILES string of the molecule is CC(N)(C(=O)Nc1cc(C(F)(F)F)ccc1F)C(F)(F)F. The lowest BCUT2D eigenvalue weighted by Gasteiger charge is -2.26. The molecule has 1 unspecified atom stereocenters. The van der Waals surface area contributed by atoms with Gasteiger partial charge in [-0.3, -0.25) is 4.79 Å². The molecule has 1 amide bonds. The normalized spacial score (nSPS) is 15.5. The number of halogens is 7. The van der Waals surface area contributed by atoms with Crippen LogP contribution in [0.2, 0.25) is 0 Å². The maximum absolute atomic E-state index is 13.3. The van der Waals surface area contributed by atoms with E-state index >= 15 is 0 Å². The first kappa shape index (κ1) is 17.2. The molecule has 0 aliphatic rings. The summed E-state index contributed by atoms with van der Waals surface area (Å²) in [7, 11) is 0. The minimum Gasteiger partial charge on any atom is -0.322 e. The molecule has 3 N–H and O–H groups in total. The minimum atomic E-state index is -5.16. The Bertz CT molecular complexity index is 548. The summed E-state index contributed by atoms with van der Waals surface area (Å²) in [6.45, 7) is 0.313. The summed E-state index contributed by atoms with van der Waals surface area (Å²) in [6.07, 6.45) is -10.0. The molecule has 0 saturated carbocycles. The van der Waals surface area contributed by atoms with Gasteiger partial charge in [0, 0.05) is 0 Å². The van der Waals surface area contributed by atoms with Crippen LogP contribution >= 0.6 is 0 Å². The fraction of sp³-hybridized carbons (Fsp3) is 0.364. The van der Waals surface area contributed by atoms with Crippen molar-refractivity contribution in [3.63, 3.8) is 0 Å². The third-order valence-electron chi connectivity index (χ3n) is 2.60. The molecule has 0 heterocycles. The van der Waals surface area contributed by atoms with E-state index in [1.807, 2.05) is 0 Å². The van der Waals surface area contributed by atoms with Crippen LogP contribution in [0.25, 0.3) is 0 Å². The van der Waals surface area contributed by atoms with Gasteiger partial charge in [-0.2, -0.15) is 26.3 Å². The Morgan fingerprint density at radius 3 is 2.10 bits per heavy atom. The van der Waals surface area contributed by atoms with Gasteiger partial charge in [0.25, 0.3) is 5.91 Å². The first-order valence-corrected chi connectivity index (χ1v) is 5.30. The lowest BCUT2D eigenvalue weighted by Crippen LogP contribution is -2.59. The van der Waals surface area contributed by atoms with E-state index in [2.05, 4.69) is 0 Å². The van der Waals surface area contributed by atoms with Crippen LogP contribution in [0.4, 0.5) is 36.4 Å². The van der Waals surface area contributed by atoms with Gasteiger partial charge in [0.15, 0.2) is 5.54 Å². The summed E-state index contributed by atoms with van der Waals surface area (Å²) in [5.41, 5.74) is -0.978. The van der Waals surface area contributed by atoms with Crippen LogP contribution in [-0.2, 0) is 11.0 Å². The number of hydrogen-bond donors (Lipinski definition) is 2. The smallest absolute Gasteiger partial charge is 0.322 e. The second-order valence-corrected chi connectivity index (χ2v) is 4.35. The van der Waals surface area contributed by atoms with Crippen LogP contribution in [-0.4, -0.2) is 17.6 Å². The van der Waals surface area contributed by atoms with Crippen molar-refractivity contribution >= 4 is 11.6 Å². The zero-order chi connectivity index (χ0) is 16.6. The summed E-state index contributed by atoms with van der Waals surface area (Å²) in [5.74, 6) is -3.21. The Hall–Kier alpha value is -1.84. The van der Waals surface area contributed by atoms with E-state index in [4.69, 9.17) is 5.73 Å². The average Bonchev–Trinajstić information content (AvgIpc) is 2.28. The number of alkyl halides is 6. The molecule has 1 aromatic rings. The fourth-order valence-corrected chi connectivity index (χ4v) is 1.18. The molecule has 10 heteroatoms. The lowest BCUT2D eigenvalue weighted by molar-refractivity contribution is -0.184. The molecule has 1 aromatic carbocycles. The summed E-state index contributed by atoms with van der Waals surface area (Å²) in [6, 6.07) is 0.940. The first-order chi connectivity index (χ1) is 9.26. The zero-order valence-corrected chi connectivity index (χ0v) is 10.4. The summed E-state index contributed by atoms with van der Waals surface area (Å²) < 4.78 is 88.0. The first-order valence-electron chi connectivity index (χ1n) is 5.30. The van der Waals surface area contributed by atoms with Gasteiger partial charge in [0.2, 0.25) is 0 Å². The van der Waals surface area contributed by atoms with Crippen molar-refractivity contribution in [1.82, 2.24) is 0 Å². The topological polar surface area (TPSA) is 55.1 Å².